The minimum absolute atomic E-state index is 0.0863. The molecular formula is C25H33N3O2. The molecule has 5 nitrogen and oxygen atoms in total. The molecule has 1 aliphatic rings. The van der Waals surface area contributed by atoms with Crippen molar-refractivity contribution >= 4 is 11.8 Å². The fourth-order valence-corrected chi connectivity index (χ4v) is 3.98. The first-order chi connectivity index (χ1) is 14.5. The standard InChI is InChI=1S/C25H33N3O2/c1-19(2)16-23(29)27-24(21-12-7-4-8-13-21)25(30)26-22-14-9-15-28(18-22)17-20-10-5-3-6-11-20/h3-8,10-13,19,22,24H,9,14-18H2,1-2H3,(H,26,30)(H,27,29). The van der Waals surface area contributed by atoms with Crippen LogP contribution in [0.4, 0.5) is 0 Å². The first-order valence-corrected chi connectivity index (χ1v) is 10.9. The van der Waals surface area contributed by atoms with Gasteiger partial charge in [-0.05, 0) is 36.4 Å². The van der Waals surface area contributed by atoms with Crippen LogP contribution in [0.3, 0.4) is 0 Å². The number of nitrogens with zero attached hydrogens (tertiary/aromatic N) is 1. The molecule has 2 atom stereocenters. The molecule has 2 aromatic carbocycles. The molecule has 2 aromatic rings. The van der Waals surface area contributed by atoms with E-state index >= 15 is 0 Å². The second kappa shape index (κ2) is 10.9. The van der Waals surface area contributed by atoms with Gasteiger partial charge in [0.25, 0.3) is 0 Å². The number of likely N-dealkylation sites (tertiary alicyclic amines) is 1. The fraction of sp³-hybridized carbons (Fsp3) is 0.440. The molecule has 0 radical (unpaired) electrons. The summed E-state index contributed by atoms with van der Waals surface area (Å²) in [5, 5.41) is 6.14. The van der Waals surface area contributed by atoms with Crippen molar-refractivity contribution in [3.8, 4) is 0 Å². The van der Waals surface area contributed by atoms with Gasteiger partial charge in [-0.25, -0.2) is 0 Å². The third-order valence-electron chi connectivity index (χ3n) is 5.39. The van der Waals surface area contributed by atoms with Crippen molar-refractivity contribution in [2.24, 2.45) is 5.92 Å². The van der Waals surface area contributed by atoms with Crippen LogP contribution >= 0.6 is 0 Å². The van der Waals surface area contributed by atoms with Crippen LogP contribution in [-0.4, -0.2) is 35.8 Å². The van der Waals surface area contributed by atoms with Crippen molar-refractivity contribution in [2.75, 3.05) is 13.1 Å². The lowest BCUT2D eigenvalue weighted by atomic mass is 10.0. The Morgan fingerprint density at radius 3 is 2.37 bits per heavy atom. The molecule has 2 unspecified atom stereocenters. The van der Waals surface area contributed by atoms with Crippen LogP contribution in [-0.2, 0) is 16.1 Å². The Hall–Kier alpha value is -2.66. The number of rotatable bonds is 8. The zero-order valence-corrected chi connectivity index (χ0v) is 18.0. The maximum Gasteiger partial charge on any atom is 0.247 e. The van der Waals surface area contributed by atoms with Gasteiger partial charge in [0.1, 0.15) is 6.04 Å². The van der Waals surface area contributed by atoms with E-state index in [-0.39, 0.29) is 23.8 Å². The van der Waals surface area contributed by atoms with E-state index < -0.39 is 6.04 Å². The van der Waals surface area contributed by atoms with E-state index in [4.69, 9.17) is 0 Å². The predicted octanol–water partition coefficient (Wildman–Crippen LogP) is 3.67. The summed E-state index contributed by atoms with van der Waals surface area (Å²) in [5.41, 5.74) is 2.09. The van der Waals surface area contributed by atoms with Crippen LogP contribution in [0, 0.1) is 5.92 Å². The molecule has 30 heavy (non-hydrogen) atoms. The minimum atomic E-state index is -0.665. The van der Waals surface area contributed by atoms with Crippen LogP contribution in [0.2, 0.25) is 0 Å². The second-order valence-corrected chi connectivity index (χ2v) is 8.58. The van der Waals surface area contributed by atoms with Crippen LogP contribution in [0.5, 0.6) is 0 Å². The summed E-state index contributed by atoms with van der Waals surface area (Å²) in [4.78, 5) is 27.9. The molecular weight excluding hydrogens is 374 g/mol. The lowest BCUT2D eigenvalue weighted by Crippen LogP contribution is -2.50. The molecule has 1 fully saturated rings. The Morgan fingerprint density at radius 2 is 1.70 bits per heavy atom. The Bertz CT molecular complexity index is 808. The topological polar surface area (TPSA) is 61.4 Å². The molecule has 0 saturated carbocycles. The summed E-state index contributed by atoms with van der Waals surface area (Å²) < 4.78 is 0. The van der Waals surface area contributed by atoms with Gasteiger partial charge in [-0.3, -0.25) is 14.5 Å². The Morgan fingerprint density at radius 1 is 1.03 bits per heavy atom. The van der Waals surface area contributed by atoms with Crippen LogP contribution in [0.15, 0.2) is 60.7 Å². The smallest absolute Gasteiger partial charge is 0.247 e. The molecule has 1 saturated heterocycles. The normalized spacial score (nSPS) is 18.0. The summed E-state index contributed by atoms with van der Waals surface area (Å²) in [6, 6.07) is 19.3. The highest BCUT2D eigenvalue weighted by Crippen LogP contribution is 2.17. The Balaban J connectivity index is 1.63. The van der Waals surface area contributed by atoms with Gasteiger partial charge in [-0.2, -0.15) is 0 Å². The molecule has 2 N–H and O–H groups in total. The molecule has 3 rings (SSSR count). The van der Waals surface area contributed by atoms with E-state index in [1.54, 1.807) is 0 Å². The molecule has 0 aromatic heterocycles. The van der Waals surface area contributed by atoms with Gasteiger partial charge in [0, 0.05) is 25.6 Å². The highest BCUT2D eigenvalue weighted by Gasteiger charge is 2.27. The van der Waals surface area contributed by atoms with Gasteiger partial charge in [0.05, 0.1) is 0 Å². The van der Waals surface area contributed by atoms with E-state index in [2.05, 4.69) is 39.8 Å². The average molecular weight is 408 g/mol. The number of piperidine rings is 1. The number of carbonyl (C=O) groups excluding carboxylic acids is 2. The van der Waals surface area contributed by atoms with E-state index in [9.17, 15) is 9.59 Å². The molecule has 0 bridgehead atoms. The lowest BCUT2D eigenvalue weighted by Gasteiger charge is -2.34. The largest absolute Gasteiger partial charge is 0.350 e. The summed E-state index contributed by atoms with van der Waals surface area (Å²) in [5.74, 6) is 0.0163. The van der Waals surface area contributed by atoms with Crippen molar-refractivity contribution < 1.29 is 9.59 Å². The quantitative estimate of drug-likeness (QED) is 0.702. The van der Waals surface area contributed by atoms with E-state index in [0.717, 1.165) is 38.0 Å². The van der Waals surface area contributed by atoms with E-state index in [1.807, 2.05) is 50.2 Å². The molecule has 160 valence electrons. The molecule has 0 aliphatic carbocycles. The summed E-state index contributed by atoms with van der Waals surface area (Å²) in [7, 11) is 0. The van der Waals surface area contributed by atoms with E-state index in [0.29, 0.717) is 6.42 Å². The maximum absolute atomic E-state index is 13.2. The number of carbonyl (C=O) groups is 2. The lowest BCUT2D eigenvalue weighted by molar-refractivity contribution is -0.130. The van der Waals surface area contributed by atoms with Crippen molar-refractivity contribution in [3.63, 3.8) is 0 Å². The number of hydrogen-bond acceptors (Lipinski definition) is 3. The maximum atomic E-state index is 13.2. The van der Waals surface area contributed by atoms with E-state index in [1.165, 1.54) is 5.56 Å². The van der Waals surface area contributed by atoms with Crippen LogP contribution < -0.4 is 10.6 Å². The number of benzene rings is 2. The monoisotopic (exact) mass is 407 g/mol. The zero-order chi connectivity index (χ0) is 21.3. The Labute approximate surface area is 179 Å². The summed E-state index contributed by atoms with van der Waals surface area (Å²) in [6.07, 6.45) is 2.41. The number of nitrogens with one attached hydrogen (secondary N) is 2. The molecule has 1 heterocycles. The van der Waals surface area contributed by atoms with Gasteiger partial charge >= 0.3 is 0 Å². The van der Waals surface area contributed by atoms with Crippen molar-refractivity contribution in [1.29, 1.82) is 0 Å². The van der Waals surface area contributed by atoms with Gasteiger partial charge in [0.15, 0.2) is 0 Å². The minimum Gasteiger partial charge on any atom is -0.350 e. The third-order valence-corrected chi connectivity index (χ3v) is 5.39. The van der Waals surface area contributed by atoms with Crippen molar-refractivity contribution in [2.45, 2.75) is 51.7 Å². The first kappa shape index (κ1) is 22.0. The molecule has 5 heteroatoms. The highest BCUT2D eigenvalue weighted by molar-refractivity contribution is 5.88. The van der Waals surface area contributed by atoms with Gasteiger partial charge in [0.2, 0.25) is 11.8 Å². The third kappa shape index (κ3) is 6.70. The predicted molar refractivity (Wildman–Crippen MR) is 120 cm³/mol. The summed E-state index contributed by atoms with van der Waals surface area (Å²) >= 11 is 0. The number of amides is 2. The Kier molecular flexibility index (Phi) is 8.03. The average Bonchev–Trinajstić information content (AvgIpc) is 2.73. The van der Waals surface area contributed by atoms with Gasteiger partial charge in [-0.15, -0.1) is 0 Å². The second-order valence-electron chi connectivity index (χ2n) is 8.58. The van der Waals surface area contributed by atoms with Crippen LogP contribution in [0.1, 0.15) is 50.3 Å². The summed E-state index contributed by atoms with van der Waals surface area (Å²) in [6.45, 7) is 6.75. The van der Waals surface area contributed by atoms with Gasteiger partial charge in [-0.1, -0.05) is 74.5 Å². The van der Waals surface area contributed by atoms with Crippen LogP contribution in [0.25, 0.3) is 0 Å². The first-order valence-electron chi connectivity index (χ1n) is 10.9. The van der Waals surface area contributed by atoms with Gasteiger partial charge < -0.3 is 10.6 Å². The fourth-order valence-electron chi connectivity index (χ4n) is 3.98. The number of hydrogen-bond donors (Lipinski definition) is 2. The molecule has 1 aliphatic heterocycles. The van der Waals surface area contributed by atoms with Crippen molar-refractivity contribution in [1.82, 2.24) is 15.5 Å². The zero-order valence-electron chi connectivity index (χ0n) is 18.0. The highest BCUT2D eigenvalue weighted by atomic mass is 16.2. The van der Waals surface area contributed by atoms with Crippen molar-refractivity contribution in [3.05, 3.63) is 71.8 Å². The SMILES string of the molecule is CC(C)CC(=O)NC(C(=O)NC1CCCN(Cc2ccccc2)C1)c1ccccc1. The molecule has 0 spiro atoms. The molecule has 2 amide bonds.